The standard InChI is InChI=1S/C20H18BrNO4/c1-20(2,3)11-4-7-13(8-5-11)22-18(24)16-17(23)14-9-6-12(21)10-15(14)26-19(16)25/h4-10,23H,1-3H3,(H,22,24). The highest BCUT2D eigenvalue weighted by molar-refractivity contribution is 9.10. The quantitative estimate of drug-likeness (QED) is 0.588. The summed E-state index contributed by atoms with van der Waals surface area (Å²) in [5.41, 5.74) is 0.533. The third-order valence-corrected chi connectivity index (χ3v) is 4.57. The lowest BCUT2D eigenvalue weighted by atomic mass is 9.87. The summed E-state index contributed by atoms with van der Waals surface area (Å²) in [5, 5.41) is 13.3. The summed E-state index contributed by atoms with van der Waals surface area (Å²) in [7, 11) is 0. The second-order valence-electron chi connectivity index (χ2n) is 7.04. The lowest BCUT2D eigenvalue weighted by Gasteiger charge is -2.19. The molecule has 0 bridgehead atoms. The van der Waals surface area contributed by atoms with Gasteiger partial charge in [-0.15, -0.1) is 0 Å². The van der Waals surface area contributed by atoms with Gasteiger partial charge >= 0.3 is 5.63 Å². The van der Waals surface area contributed by atoms with E-state index in [1.807, 2.05) is 12.1 Å². The van der Waals surface area contributed by atoms with Gasteiger partial charge in [-0.1, -0.05) is 48.8 Å². The van der Waals surface area contributed by atoms with E-state index in [-0.39, 0.29) is 11.0 Å². The molecule has 0 fully saturated rings. The van der Waals surface area contributed by atoms with Crippen LogP contribution in [0.5, 0.6) is 5.75 Å². The van der Waals surface area contributed by atoms with Gasteiger partial charge in [-0.25, -0.2) is 4.79 Å². The monoisotopic (exact) mass is 415 g/mol. The van der Waals surface area contributed by atoms with Gasteiger partial charge in [0.05, 0.1) is 5.39 Å². The molecule has 5 nitrogen and oxygen atoms in total. The van der Waals surface area contributed by atoms with E-state index < -0.39 is 22.8 Å². The topological polar surface area (TPSA) is 79.5 Å². The molecule has 0 radical (unpaired) electrons. The van der Waals surface area contributed by atoms with Gasteiger partial charge < -0.3 is 14.8 Å². The molecule has 0 saturated carbocycles. The summed E-state index contributed by atoms with van der Waals surface area (Å²) >= 11 is 3.27. The van der Waals surface area contributed by atoms with Crippen molar-refractivity contribution in [1.82, 2.24) is 0 Å². The Morgan fingerprint density at radius 3 is 2.38 bits per heavy atom. The molecule has 0 atom stereocenters. The number of amides is 1. The minimum atomic E-state index is -0.892. The van der Waals surface area contributed by atoms with Crippen LogP contribution in [0, 0.1) is 0 Å². The first kappa shape index (κ1) is 18.2. The highest BCUT2D eigenvalue weighted by Crippen LogP contribution is 2.29. The zero-order chi connectivity index (χ0) is 19.1. The smallest absolute Gasteiger partial charge is 0.353 e. The molecule has 0 saturated heterocycles. The van der Waals surface area contributed by atoms with Crippen molar-refractivity contribution >= 4 is 38.5 Å². The number of hydrogen-bond acceptors (Lipinski definition) is 4. The predicted molar refractivity (Wildman–Crippen MR) is 105 cm³/mol. The summed E-state index contributed by atoms with van der Waals surface area (Å²) in [6.07, 6.45) is 0. The number of nitrogens with one attached hydrogen (secondary N) is 1. The summed E-state index contributed by atoms with van der Waals surface area (Å²) < 4.78 is 5.87. The van der Waals surface area contributed by atoms with E-state index in [1.54, 1.807) is 30.3 Å². The molecule has 6 heteroatoms. The first-order valence-electron chi connectivity index (χ1n) is 8.04. The second kappa shape index (κ2) is 6.61. The molecule has 134 valence electrons. The molecule has 1 aromatic heterocycles. The van der Waals surface area contributed by atoms with Crippen molar-refractivity contribution in [2.45, 2.75) is 26.2 Å². The highest BCUT2D eigenvalue weighted by atomic mass is 79.9. The van der Waals surface area contributed by atoms with Crippen LogP contribution >= 0.6 is 15.9 Å². The van der Waals surface area contributed by atoms with Gasteiger partial charge in [-0.2, -0.15) is 0 Å². The average molecular weight is 416 g/mol. The van der Waals surface area contributed by atoms with E-state index in [9.17, 15) is 14.7 Å². The number of aromatic hydroxyl groups is 1. The Morgan fingerprint density at radius 1 is 1.12 bits per heavy atom. The van der Waals surface area contributed by atoms with Gasteiger partial charge in [-0.3, -0.25) is 4.79 Å². The number of benzene rings is 2. The van der Waals surface area contributed by atoms with Crippen LogP contribution in [0.1, 0.15) is 36.7 Å². The van der Waals surface area contributed by atoms with Gasteiger partial charge in [-0.05, 0) is 41.3 Å². The zero-order valence-electron chi connectivity index (χ0n) is 14.6. The lowest BCUT2D eigenvalue weighted by Crippen LogP contribution is -2.21. The van der Waals surface area contributed by atoms with Crippen LogP contribution in [-0.4, -0.2) is 11.0 Å². The Balaban J connectivity index is 1.95. The van der Waals surface area contributed by atoms with E-state index in [0.29, 0.717) is 15.5 Å². The van der Waals surface area contributed by atoms with Crippen molar-refractivity contribution in [3.05, 3.63) is 68.5 Å². The van der Waals surface area contributed by atoms with Crippen molar-refractivity contribution < 1.29 is 14.3 Å². The molecule has 2 N–H and O–H groups in total. The molecule has 0 spiro atoms. The van der Waals surface area contributed by atoms with Gasteiger partial charge in [0.15, 0.2) is 5.56 Å². The number of rotatable bonds is 2. The minimum Gasteiger partial charge on any atom is -0.506 e. The maximum Gasteiger partial charge on any atom is 0.353 e. The Morgan fingerprint density at radius 2 is 1.77 bits per heavy atom. The molecule has 2 aromatic carbocycles. The van der Waals surface area contributed by atoms with Gasteiger partial charge in [0.25, 0.3) is 5.91 Å². The molecular formula is C20H18BrNO4. The number of anilines is 1. The van der Waals surface area contributed by atoms with Gasteiger partial charge in [0, 0.05) is 10.2 Å². The van der Waals surface area contributed by atoms with Crippen LogP contribution in [0.25, 0.3) is 11.0 Å². The zero-order valence-corrected chi connectivity index (χ0v) is 16.2. The largest absolute Gasteiger partial charge is 0.506 e. The molecule has 1 heterocycles. The fourth-order valence-corrected chi connectivity index (χ4v) is 2.95. The van der Waals surface area contributed by atoms with Crippen molar-refractivity contribution in [1.29, 1.82) is 0 Å². The molecule has 1 amide bonds. The Hall–Kier alpha value is -2.60. The SMILES string of the molecule is CC(C)(C)c1ccc(NC(=O)c2c(O)c3ccc(Br)cc3oc2=O)cc1. The highest BCUT2D eigenvalue weighted by Gasteiger charge is 2.21. The van der Waals surface area contributed by atoms with Crippen LogP contribution in [0.3, 0.4) is 0 Å². The first-order valence-corrected chi connectivity index (χ1v) is 8.83. The summed E-state index contributed by atoms with van der Waals surface area (Å²) in [6, 6.07) is 12.2. The molecule has 0 aliphatic heterocycles. The molecule has 0 aliphatic carbocycles. The lowest BCUT2D eigenvalue weighted by molar-refractivity contribution is 0.102. The van der Waals surface area contributed by atoms with Crippen molar-refractivity contribution in [2.75, 3.05) is 5.32 Å². The molecule has 0 aliphatic rings. The van der Waals surface area contributed by atoms with Gasteiger partial charge in [0.2, 0.25) is 0 Å². The summed E-state index contributed by atoms with van der Waals surface area (Å²) in [4.78, 5) is 24.7. The van der Waals surface area contributed by atoms with E-state index in [4.69, 9.17) is 4.42 Å². The maximum atomic E-state index is 12.5. The predicted octanol–water partition coefficient (Wildman–Crippen LogP) is 4.81. The normalized spacial score (nSPS) is 11.5. The van der Waals surface area contributed by atoms with Crippen molar-refractivity contribution in [3.8, 4) is 5.75 Å². The van der Waals surface area contributed by atoms with Crippen molar-refractivity contribution in [3.63, 3.8) is 0 Å². The van der Waals surface area contributed by atoms with Crippen LogP contribution in [-0.2, 0) is 5.41 Å². The van der Waals surface area contributed by atoms with Gasteiger partial charge in [0.1, 0.15) is 11.3 Å². The minimum absolute atomic E-state index is 0.00546. The third kappa shape index (κ3) is 3.51. The van der Waals surface area contributed by atoms with Crippen LogP contribution < -0.4 is 10.9 Å². The molecule has 3 rings (SSSR count). The average Bonchev–Trinajstić information content (AvgIpc) is 2.54. The summed E-state index contributed by atoms with van der Waals surface area (Å²) in [6.45, 7) is 6.28. The number of carbonyl (C=O) groups is 1. The Labute approximate surface area is 158 Å². The number of fused-ring (bicyclic) bond motifs is 1. The molecule has 3 aromatic rings. The van der Waals surface area contributed by atoms with Crippen molar-refractivity contribution in [2.24, 2.45) is 0 Å². The first-order chi connectivity index (χ1) is 12.2. The fraction of sp³-hybridized carbons (Fsp3) is 0.200. The van der Waals surface area contributed by atoms with Crippen LogP contribution in [0.2, 0.25) is 0 Å². The van der Waals surface area contributed by atoms with E-state index >= 15 is 0 Å². The molecular weight excluding hydrogens is 398 g/mol. The van der Waals surface area contributed by atoms with Crippen LogP contribution in [0.15, 0.2) is 56.1 Å². The third-order valence-electron chi connectivity index (χ3n) is 4.08. The van der Waals surface area contributed by atoms with E-state index in [0.717, 1.165) is 5.56 Å². The number of hydrogen-bond donors (Lipinski definition) is 2. The second-order valence-corrected chi connectivity index (χ2v) is 7.95. The number of carbonyl (C=O) groups excluding carboxylic acids is 1. The molecule has 0 unspecified atom stereocenters. The molecule has 26 heavy (non-hydrogen) atoms. The Kier molecular flexibility index (Phi) is 4.63. The summed E-state index contributed by atoms with van der Waals surface area (Å²) in [5.74, 6) is -1.11. The van der Waals surface area contributed by atoms with E-state index in [2.05, 4.69) is 42.0 Å². The number of halogens is 1. The van der Waals surface area contributed by atoms with E-state index in [1.165, 1.54) is 0 Å². The Bertz CT molecular complexity index is 1050. The maximum absolute atomic E-state index is 12.5. The van der Waals surface area contributed by atoms with Crippen LogP contribution in [0.4, 0.5) is 5.69 Å². The fourth-order valence-electron chi connectivity index (χ4n) is 2.61.